The average molecular weight is 339 g/mol. The molecule has 0 spiro atoms. The lowest BCUT2D eigenvalue weighted by Gasteiger charge is -2.20. The van der Waals surface area contributed by atoms with E-state index in [4.69, 9.17) is 23.2 Å². The molecular weight excluding hydrogens is 323 g/mol. The molecule has 116 valence electrons. The highest BCUT2D eigenvalue weighted by Gasteiger charge is 2.18. The van der Waals surface area contributed by atoms with E-state index in [1.807, 2.05) is 13.0 Å². The molecule has 0 saturated carbocycles. The Morgan fingerprint density at radius 3 is 2.50 bits per heavy atom. The third-order valence-corrected chi connectivity index (χ3v) is 3.69. The Labute approximate surface area is 139 Å². The maximum Gasteiger partial charge on any atom is 0.243 e. The normalized spacial score (nSPS) is 13.5. The first-order valence-corrected chi connectivity index (χ1v) is 7.52. The summed E-state index contributed by atoms with van der Waals surface area (Å²) in [5.74, 6) is 0.0569. The number of nitrogens with zero attached hydrogens (tertiary/aromatic N) is 2. The zero-order chi connectivity index (χ0) is 16.1. The van der Waals surface area contributed by atoms with E-state index in [9.17, 15) is 4.79 Å². The number of aromatic nitrogens is 2. The van der Waals surface area contributed by atoms with Gasteiger partial charge in [0.1, 0.15) is 0 Å². The van der Waals surface area contributed by atoms with Gasteiger partial charge in [0.05, 0.1) is 6.04 Å². The number of carbonyl (C=O) groups excluding carboxylic acids is 1. The van der Waals surface area contributed by atoms with Gasteiger partial charge in [0.25, 0.3) is 0 Å². The standard InChI is InChI=1S/C15H16Cl2N4O/c1-9(12-5-4-11(16)8-13(12)17)20-10(2)14(22)21-15-18-6-3-7-19-15/h3-10,20H,1-2H3,(H,18,19,21,22). The predicted molar refractivity (Wildman–Crippen MR) is 88.1 cm³/mol. The second-order valence-electron chi connectivity index (χ2n) is 4.84. The Kier molecular flexibility index (Phi) is 5.71. The fraction of sp³-hybridized carbons (Fsp3) is 0.267. The molecule has 5 nitrogen and oxygen atoms in total. The van der Waals surface area contributed by atoms with Crippen molar-refractivity contribution in [2.75, 3.05) is 5.32 Å². The molecule has 7 heteroatoms. The lowest BCUT2D eigenvalue weighted by atomic mass is 10.1. The topological polar surface area (TPSA) is 66.9 Å². The molecule has 0 aliphatic heterocycles. The van der Waals surface area contributed by atoms with Crippen molar-refractivity contribution >= 4 is 35.1 Å². The lowest BCUT2D eigenvalue weighted by Crippen LogP contribution is -2.39. The molecule has 0 bridgehead atoms. The Hall–Kier alpha value is -1.69. The van der Waals surface area contributed by atoms with Crippen molar-refractivity contribution in [2.24, 2.45) is 0 Å². The number of anilines is 1. The van der Waals surface area contributed by atoms with Crippen LogP contribution in [-0.4, -0.2) is 21.9 Å². The van der Waals surface area contributed by atoms with Crippen molar-refractivity contribution in [3.05, 3.63) is 52.3 Å². The summed E-state index contributed by atoms with van der Waals surface area (Å²) in [6.45, 7) is 3.69. The second-order valence-corrected chi connectivity index (χ2v) is 5.68. The molecule has 2 aromatic rings. The summed E-state index contributed by atoms with van der Waals surface area (Å²) in [6.07, 6.45) is 3.13. The SMILES string of the molecule is CC(NC(C)c1ccc(Cl)cc1Cl)C(=O)Nc1ncccn1. The van der Waals surface area contributed by atoms with Crippen LogP contribution in [0.3, 0.4) is 0 Å². The summed E-state index contributed by atoms with van der Waals surface area (Å²) < 4.78 is 0. The molecule has 22 heavy (non-hydrogen) atoms. The summed E-state index contributed by atoms with van der Waals surface area (Å²) in [5, 5.41) is 6.96. The summed E-state index contributed by atoms with van der Waals surface area (Å²) in [6, 6.07) is 6.42. The summed E-state index contributed by atoms with van der Waals surface area (Å²) in [7, 11) is 0. The number of rotatable bonds is 5. The van der Waals surface area contributed by atoms with Gasteiger partial charge in [-0.05, 0) is 37.6 Å². The predicted octanol–water partition coefficient (Wildman–Crippen LogP) is 3.46. The first-order chi connectivity index (χ1) is 10.5. The van der Waals surface area contributed by atoms with Gasteiger partial charge in [-0.3, -0.25) is 15.4 Å². The van der Waals surface area contributed by atoms with E-state index in [1.165, 1.54) is 0 Å². The molecule has 0 fully saturated rings. The van der Waals surface area contributed by atoms with Gasteiger partial charge in [-0.15, -0.1) is 0 Å². The monoisotopic (exact) mass is 338 g/mol. The maximum absolute atomic E-state index is 12.1. The van der Waals surface area contributed by atoms with Gasteiger partial charge in [-0.1, -0.05) is 29.3 Å². The van der Waals surface area contributed by atoms with Gasteiger partial charge < -0.3 is 0 Å². The molecule has 0 radical (unpaired) electrons. The van der Waals surface area contributed by atoms with Crippen LogP contribution in [-0.2, 0) is 4.79 Å². The van der Waals surface area contributed by atoms with Crippen molar-refractivity contribution < 1.29 is 4.79 Å². The van der Waals surface area contributed by atoms with Gasteiger partial charge in [0.2, 0.25) is 11.9 Å². The number of benzene rings is 1. The number of halogens is 2. The Bertz CT molecular complexity index is 651. The lowest BCUT2D eigenvalue weighted by molar-refractivity contribution is -0.118. The number of carbonyl (C=O) groups is 1. The van der Waals surface area contributed by atoms with Crippen LogP contribution in [0.15, 0.2) is 36.7 Å². The van der Waals surface area contributed by atoms with Crippen molar-refractivity contribution in [1.82, 2.24) is 15.3 Å². The number of amides is 1. The minimum absolute atomic E-state index is 0.109. The third-order valence-electron chi connectivity index (χ3n) is 3.12. The van der Waals surface area contributed by atoms with Crippen molar-refractivity contribution in [3.63, 3.8) is 0 Å². The smallest absolute Gasteiger partial charge is 0.243 e. The molecule has 0 aliphatic carbocycles. The molecule has 1 amide bonds. The van der Waals surface area contributed by atoms with Gasteiger partial charge in [0, 0.05) is 28.5 Å². The zero-order valence-corrected chi connectivity index (χ0v) is 13.7. The minimum Gasteiger partial charge on any atom is -0.299 e. The van der Waals surface area contributed by atoms with Crippen LogP contribution in [0.1, 0.15) is 25.5 Å². The van der Waals surface area contributed by atoms with E-state index in [-0.39, 0.29) is 17.9 Å². The number of hydrogen-bond acceptors (Lipinski definition) is 4. The summed E-state index contributed by atoms with van der Waals surface area (Å²) >= 11 is 12.1. The molecule has 2 rings (SSSR count). The largest absolute Gasteiger partial charge is 0.299 e. The van der Waals surface area contributed by atoms with Crippen LogP contribution in [0.4, 0.5) is 5.95 Å². The highest BCUT2D eigenvalue weighted by atomic mass is 35.5. The second kappa shape index (κ2) is 7.54. The first kappa shape index (κ1) is 16.7. The van der Waals surface area contributed by atoms with Crippen molar-refractivity contribution in [2.45, 2.75) is 25.9 Å². The Morgan fingerprint density at radius 1 is 1.18 bits per heavy atom. The van der Waals surface area contributed by atoms with Crippen LogP contribution in [0.2, 0.25) is 10.0 Å². The van der Waals surface area contributed by atoms with Crippen molar-refractivity contribution in [3.8, 4) is 0 Å². The fourth-order valence-corrected chi connectivity index (χ4v) is 2.55. The molecule has 2 atom stereocenters. The third kappa shape index (κ3) is 4.40. The van der Waals surface area contributed by atoms with Crippen LogP contribution in [0.5, 0.6) is 0 Å². The van der Waals surface area contributed by atoms with E-state index in [1.54, 1.807) is 37.5 Å². The van der Waals surface area contributed by atoms with Crippen molar-refractivity contribution in [1.29, 1.82) is 0 Å². The summed E-state index contributed by atoms with van der Waals surface area (Å²) in [4.78, 5) is 20.0. The molecule has 2 N–H and O–H groups in total. The quantitative estimate of drug-likeness (QED) is 0.875. The van der Waals surface area contributed by atoms with E-state index < -0.39 is 6.04 Å². The Balaban J connectivity index is 1.98. The fourth-order valence-electron chi connectivity index (χ4n) is 1.98. The van der Waals surface area contributed by atoms with E-state index in [2.05, 4.69) is 20.6 Å². The molecule has 2 unspecified atom stereocenters. The van der Waals surface area contributed by atoms with Crippen LogP contribution < -0.4 is 10.6 Å². The highest BCUT2D eigenvalue weighted by molar-refractivity contribution is 6.35. The van der Waals surface area contributed by atoms with Crippen LogP contribution in [0, 0.1) is 0 Å². The highest BCUT2D eigenvalue weighted by Crippen LogP contribution is 2.26. The molecule has 1 aromatic heterocycles. The van der Waals surface area contributed by atoms with Gasteiger partial charge >= 0.3 is 0 Å². The summed E-state index contributed by atoms with van der Waals surface area (Å²) in [5.41, 5.74) is 0.877. The maximum atomic E-state index is 12.1. The van der Waals surface area contributed by atoms with Crippen LogP contribution in [0.25, 0.3) is 0 Å². The van der Waals surface area contributed by atoms with E-state index in [0.29, 0.717) is 10.0 Å². The zero-order valence-electron chi connectivity index (χ0n) is 12.2. The van der Waals surface area contributed by atoms with Gasteiger partial charge in [-0.2, -0.15) is 0 Å². The van der Waals surface area contributed by atoms with Gasteiger partial charge in [0.15, 0.2) is 0 Å². The van der Waals surface area contributed by atoms with E-state index >= 15 is 0 Å². The minimum atomic E-state index is -0.439. The van der Waals surface area contributed by atoms with Gasteiger partial charge in [-0.25, -0.2) is 9.97 Å². The Morgan fingerprint density at radius 2 is 1.86 bits per heavy atom. The number of nitrogens with one attached hydrogen (secondary N) is 2. The van der Waals surface area contributed by atoms with Crippen LogP contribution >= 0.6 is 23.2 Å². The average Bonchev–Trinajstić information content (AvgIpc) is 2.47. The van der Waals surface area contributed by atoms with E-state index in [0.717, 1.165) is 5.56 Å². The molecule has 0 aliphatic rings. The first-order valence-electron chi connectivity index (χ1n) is 6.76. The molecule has 0 saturated heterocycles. The number of hydrogen-bond donors (Lipinski definition) is 2. The molecule has 1 aromatic carbocycles. The molecular formula is C15H16Cl2N4O. The molecule has 1 heterocycles.